The minimum atomic E-state index is 0.433. The van der Waals surface area contributed by atoms with Gasteiger partial charge in [-0.25, -0.2) is 0 Å². The van der Waals surface area contributed by atoms with E-state index < -0.39 is 0 Å². The number of hydrogen-bond donors (Lipinski definition) is 1. The van der Waals surface area contributed by atoms with Gasteiger partial charge in [0.25, 0.3) is 0 Å². The number of unbranched alkanes of at least 4 members (excludes halogenated alkanes) is 1. The van der Waals surface area contributed by atoms with E-state index in [2.05, 4.69) is 19.1 Å². The zero-order valence-corrected chi connectivity index (χ0v) is 9.03. The summed E-state index contributed by atoms with van der Waals surface area (Å²) >= 11 is 0. The molecule has 0 aliphatic rings. The Labute approximate surface area is 90.4 Å². The van der Waals surface area contributed by atoms with Crippen molar-refractivity contribution in [2.24, 2.45) is 0 Å². The maximum Gasteiger partial charge on any atom is 0.119 e. The molecule has 78 valence electrons. The Hall–Kier alpha value is -1.50. The van der Waals surface area contributed by atoms with Crippen LogP contribution < -0.4 is 0 Å². The monoisotopic (exact) mass is 200 g/mol. The predicted octanol–water partition coefficient (Wildman–Crippen LogP) is 3.89. The quantitative estimate of drug-likeness (QED) is 0.797. The van der Waals surface area contributed by atoms with Crippen LogP contribution in [0.3, 0.4) is 0 Å². The summed E-state index contributed by atoms with van der Waals surface area (Å²) < 4.78 is 0. The highest BCUT2D eigenvalue weighted by molar-refractivity contribution is 5.87. The Balaban J connectivity index is 2.53. The lowest BCUT2D eigenvalue weighted by molar-refractivity contribution is 0.468. The first-order valence-corrected chi connectivity index (χ1v) is 5.52. The van der Waals surface area contributed by atoms with Gasteiger partial charge in [0.1, 0.15) is 5.75 Å². The van der Waals surface area contributed by atoms with E-state index in [1.165, 1.54) is 10.8 Å². The van der Waals surface area contributed by atoms with Gasteiger partial charge in [0.2, 0.25) is 0 Å². The van der Waals surface area contributed by atoms with E-state index in [0.29, 0.717) is 5.75 Å². The van der Waals surface area contributed by atoms with Crippen LogP contribution in [0.5, 0.6) is 5.75 Å². The molecule has 0 fully saturated rings. The topological polar surface area (TPSA) is 20.2 Å². The lowest BCUT2D eigenvalue weighted by atomic mass is 9.99. The summed E-state index contributed by atoms with van der Waals surface area (Å²) in [5, 5.41) is 12.2. The van der Waals surface area contributed by atoms with Gasteiger partial charge in [-0.3, -0.25) is 0 Å². The molecule has 0 atom stereocenters. The maximum atomic E-state index is 9.84. The van der Waals surface area contributed by atoms with Crippen LogP contribution in [-0.2, 0) is 6.42 Å². The van der Waals surface area contributed by atoms with Gasteiger partial charge in [-0.2, -0.15) is 0 Å². The summed E-state index contributed by atoms with van der Waals surface area (Å²) in [5.41, 5.74) is 1.09. The van der Waals surface area contributed by atoms with Crippen LogP contribution in [-0.4, -0.2) is 5.11 Å². The van der Waals surface area contributed by atoms with Crippen LogP contribution in [0.2, 0.25) is 0 Å². The van der Waals surface area contributed by atoms with E-state index in [0.717, 1.165) is 24.8 Å². The van der Waals surface area contributed by atoms with Crippen molar-refractivity contribution in [3.63, 3.8) is 0 Å². The van der Waals surface area contributed by atoms with Crippen LogP contribution in [0.15, 0.2) is 36.4 Å². The summed E-state index contributed by atoms with van der Waals surface area (Å²) in [6.45, 7) is 2.17. The van der Waals surface area contributed by atoms with Crippen LogP contribution >= 0.6 is 0 Å². The normalized spacial score (nSPS) is 10.7. The highest BCUT2D eigenvalue weighted by Crippen LogP contribution is 2.28. The van der Waals surface area contributed by atoms with Crippen LogP contribution in [0.1, 0.15) is 25.3 Å². The Morgan fingerprint density at radius 1 is 1.07 bits per heavy atom. The van der Waals surface area contributed by atoms with E-state index in [-0.39, 0.29) is 0 Å². The minimum Gasteiger partial charge on any atom is -0.508 e. The molecular formula is C14H16O. The first kappa shape index (κ1) is 10.0. The lowest BCUT2D eigenvalue weighted by Crippen LogP contribution is -1.88. The second-order valence-electron chi connectivity index (χ2n) is 3.89. The molecular weight excluding hydrogens is 184 g/mol. The van der Waals surface area contributed by atoms with Crippen molar-refractivity contribution in [3.05, 3.63) is 42.0 Å². The molecule has 0 radical (unpaired) electrons. The number of aromatic hydroxyl groups is 1. The fourth-order valence-electron chi connectivity index (χ4n) is 1.94. The Morgan fingerprint density at radius 3 is 2.67 bits per heavy atom. The van der Waals surface area contributed by atoms with Crippen molar-refractivity contribution in [1.82, 2.24) is 0 Å². The summed E-state index contributed by atoms with van der Waals surface area (Å²) in [4.78, 5) is 0. The highest BCUT2D eigenvalue weighted by Gasteiger charge is 2.05. The average Bonchev–Trinajstić information content (AvgIpc) is 2.28. The van der Waals surface area contributed by atoms with E-state index in [1.807, 2.05) is 18.2 Å². The summed E-state index contributed by atoms with van der Waals surface area (Å²) in [6.07, 6.45) is 3.24. The zero-order valence-electron chi connectivity index (χ0n) is 9.03. The van der Waals surface area contributed by atoms with Gasteiger partial charge in [0.05, 0.1) is 0 Å². The van der Waals surface area contributed by atoms with Gasteiger partial charge >= 0.3 is 0 Å². The number of fused-ring (bicyclic) bond motifs is 1. The number of hydrogen-bond acceptors (Lipinski definition) is 1. The number of rotatable bonds is 3. The number of aryl methyl sites for hydroxylation is 1. The largest absolute Gasteiger partial charge is 0.508 e. The third kappa shape index (κ3) is 1.96. The van der Waals surface area contributed by atoms with Crippen molar-refractivity contribution in [3.8, 4) is 5.75 Å². The molecule has 2 aromatic rings. The van der Waals surface area contributed by atoms with E-state index >= 15 is 0 Å². The lowest BCUT2D eigenvalue weighted by Gasteiger charge is -2.08. The molecule has 1 heteroatoms. The van der Waals surface area contributed by atoms with Crippen molar-refractivity contribution in [2.75, 3.05) is 0 Å². The molecule has 1 nitrogen and oxygen atoms in total. The van der Waals surface area contributed by atoms with Gasteiger partial charge in [-0.05, 0) is 29.7 Å². The highest BCUT2D eigenvalue weighted by atomic mass is 16.3. The van der Waals surface area contributed by atoms with Crippen LogP contribution in [0.25, 0.3) is 10.8 Å². The van der Waals surface area contributed by atoms with Gasteiger partial charge in [-0.15, -0.1) is 0 Å². The number of phenols is 1. The second-order valence-corrected chi connectivity index (χ2v) is 3.89. The molecule has 0 saturated heterocycles. The van der Waals surface area contributed by atoms with Crippen LogP contribution in [0, 0.1) is 0 Å². The molecule has 15 heavy (non-hydrogen) atoms. The van der Waals surface area contributed by atoms with Gasteiger partial charge < -0.3 is 5.11 Å². The second kappa shape index (κ2) is 4.35. The fourth-order valence-corrected chi connectivity index (χ4v) is 1.94. The van der Waals surface area contributed by atoms with Crippen molar-refractivity contribution in [1.29, 1.82) is 0 Å². The third-order valence-electron chi connectivity index (χ3n) is 2.80. The number of benzene rings is 2. The van der Waals surface area contributed by atoms with Crippen LogP contribution in [0.4, 0.5) is 0 Å². The first-order valence-electron chi connectivity index (χ1n) is 5.52. The Morgan fingerprint density at radius 2 is 1.87 bits per heavy atom. The molecule has 0 amide bonds. The molecule has 0 aromatic heterocycles. The average molecular weight is 200 g/mol. The van der Waals surface area contributed by atoms with Gasteiger partial charge in [0.15, 0.2) is 0 Å². The standard InChI is InChI=1S/C14H16O/c1-2-3-7-13-12-8-5-4-6-11(12)9-10-14(13)15/h4-6,8-10,15H,2-3,7H2,1H3. The van der Waals surface area contributed by atoms with Crippen molar-refractivity contribution >= 4 is 10.8 Å². The zero-order chi connectivity index (χ0) is 10.7. The molecule has 0 spiro atoms. The molecule has 1 N–H and O–H groups in total. The third-order valence-corrected chi connectivity index (χ3v) is 2.80. The molecule has 0 saturated carbocycles. The molecule has 0 heterocycles. The SMILES string of the molecule is CCCCc1c(O)ccc2ccccc12. The molecule has 0 aliphatic heterocycles. The van der Waals surface area contributed by atoms with E-state index in [9.17, 15) is 5.11 Å². The van der Waals surface area contributed by atoms with Crippen molar-refractivity contribution < 1.29 is 5.11 Å². The molecule has 0 unspecified atom stereocenters. The summed E-state index contributed by atoms with van der Waals surface area (Å²) in [5.74, 6) is 0.433. The van der Waals surface area contributed by atoms with Gasteiger partial charge in [0, 0.05) is 5.56 Å². The maximum absolute atomic E-state index is 9.84. The smallest absolute Gasteiger partial charge is 0.119 e. The fraction of sp³-hybridized carbons (Fsp3) is 0.286. The van der Waals surface area contributed by atoms with E-state index in [1.54, 1.807) is 6.07 Å². The molecule has 2 rings (SSSR count). The summed E-state index contributed by atoms with van der Waals surface area (Å²) in [7, 11) is 0. The Kier molecular flexibility index (Phi) is 2.91. The van der Waals surface area contributed by atoms with Gasteiger partial charge in [-0.1, -0.05) is 43.7 Å². The van der Waals surface area contributed by atoms with Crippen molar-refractivity contribution in [2.45, 2.75) is 26.2 Å². The number of phenolic OH excluding ortho intramolecular Hbond substituents is 1. The van der Waals surface area contributed by atoms with E-state index in [4.69, 9.17) is 0 Å². The molecule has 0 bridgehead atoms. The predicted molar refractivity (Wildman–Crippen MR) is 64.2 cm³/mol. The molecule has 2 aromatic carbocycles. The summed E-state index contributed by atoms with van der Waals surface area (Å²) in [6, 6.07) is 12.0. The Bertz CT molecular complexity index is 460. The first-order chi connectivity index (χ1) is 7.33. The molecule has 0 aliphatic carbocycles. The minimum absolute atomic E-state index is 0.433.